The molecule has 1 heterocycles. The Morgan fingerprint density at radius 3 is 2.53 bits per heavy atom. The Balaban J connectivity index is 2.46. The minimum Gasteiger partial charge on any atom is -0.422 e. The summed E-state index contributed by atoms with van der Waals surface area (Å²) in [4.78, 5) is 12.0. The van der Waals surface area contributed by atoms with Crippen molar-refractivity contribution in [1.29, 1.82) is 0 Å². The van der Waals surface area contributed by atoms with Gasteiger partial charge in [-0.1, -0.05) is 42.5 Å². The third-order valence-corrected chi connectivity index (χ3v) is 4.05. The number of hydrogen-bond donors (Lipinski definition) is 0. The predicted octanol–water partition coefficient (Wildman–Crippen LogP) is 4.37. The first-order chi connectivity index (χ1) is 9.16. The molecular weight excluding hydrogens is 351 g/mol. The lowest BCUT2D eigenvalue weighted by atomic mass is 10.0. The van der Waals surface area contributed by atoms with E-state index in [0.29, 0.717) is 9.15 Å². The van der Waals surface area contributed by atoms with Crippen LogP contribution in [0.2, 0.25) is 0 Å². The van der Waals surface area contributed by atoms with Crippen LogP contribution in [0, 0.1) is 10.5 Å². The van der Waals surface area contributed by atoms with Gasteiger partial charge in [-0.2, -0.15) is 0 Å². The third kappa shape index (κ3) is 2.18. The standard InChI is InChI=1S/C16H11IO2/c1-10-7-8-12-13(9-10)19-16(18)15(17)14(12)11-5-3-2-4-6-11/h2-9H,1H3. The smallest absolute Gasteiger partial charge is 0.350 e. The van der Waals surface area contributed by atoms with Crippen LogP contribution in [0.5, 0.6) is 0 Å². The van der Waals surface area contributed by atoms with E-state index in [9.17, 15) is 4.79 Å². The molecule has 0 saturated heterocycles. The summed E-state index contributed by atoms with van der Waals surface area (Å²) in [6, 6.07) is 15.9. The van der Waals surface area contributed by atoms with E-state index in [1.807, 2.05) is 55.5 Å². The third-order valence-electron chi connectivity index (χ3n) is 3.07. The van der Waals surface area contributed by atoms with E-state index in [1.54, 1.807) is 0 Å². The summed E-state index contributed by atoms with van der Waals surface area (Å²) >= 11 is 2.06. The topological polar surface area (TPSA) is 30.2 Å². The largest absolute Gasteiger partial charge is 0.422 e. The van der Waals surface area contributed by atoms with Crippen LogP contribution < -0.4 is 5.63 Å². The van der Waals surface area contributed by atoms with Crippen LogP contribution in [0.1, 0.15) is 5.56 Å². The summed E-state index contributed by atoms with van der Waals surface area (Å²) in [7, 11) is 0. The van der Waals surface area contributed by atoms with E-state index in [2.05, 4.69) is 22.6 Å². The average molecular weight is 362 g/mol. The Labute approximate surface area is 124 Å². The second-order valence-corrected chi connectivity index (χ2v) is 5.52. The van der Waals surface area contributed by atoms with E-state index < -0.39 is 0 Å². The van der Waals surface area contributed by atoms with Gasteiger partial charge in [0.25, 0.3) is 0 Å². The van der Waals surface area contributed by atoms with E-state index in [4.69, 9.17) is 4.42 Å². The molecule has 0 aliphatic rings. The summed E-state index contributed by atoms with van der Waals surface area (Å²) in [6.07, 6.45) is 0. The summed E-state index contributed by atoms with van der Waals surface area (Å²) < 4.78 is 6.00. The van der Waals surface area contributed by atoms with E-state index in [-0.39, 0.29) is 5.63 Å². The van der Waals surface area contributed by atoms with Gasteiger partial charge >= 0.3 is 5.63 Å². The number of fused-ring (bicyclic) bond motifs is 1. The van der Waals surface area contributed by atoms with Crippen molar-refractivity contribution in [3.8, 4) is 11.1 Å². The van der Waals surface area contributed by atoms with Gasteiger partial charge in [0.2, 0.25) is 0 Å². The van der Waals surface area contributed by atoms with Gasteiger partial charge in [-0.15, -0.1) is 0 Å². The molecule has 0 spiro atoms. The second kappa shape index (κ2) is 4.81. The van der Waals surface area contributed by atoms with Crippen molar-refractivity contribution in [2.75, 3.05) is 0 Å². The molecule has 0 radical (unpaired) electrons. The molecule has 2 aromatic carbocycles. The number of halogens is 1. The maximum Gasteiger partial charge on any atom is 0.350 e. The van der Waals surface area contributed by atoms with Crippen molar-refractivity contribution in [2.45, 2.75) is 6.92 Å². The Hall–Kier alpha value is -1.62. The number of aryl methyl sites for hydroxylation is 1. The Morgan fingerprint density at radius 2 is 1.79 bits per heavy atom. The summed E-state index contributed by atoms with van der Waals surface area (Å²) in [5, 5.41) is 0.973. The summed E-state index contributed by atoms with van der Waals surface area (Å²) in [5.74, 6) is 0. The molecule has 19 heavy (non-hydrogen) atoms. The fraction of sp³-hybridized carbons (Fsp3) is 0.0625. The van der Waals surface area contributed by atoms with Gasteiger partial charge in [0.1, 0.15) is 9.15 Å². The minimum absolute atomic E-state index is 0.280. The van der Waals surface area contributed by atoms with E-state index >= 15 is 0 Å². The first-order valence-electron chi connectivity index (χ1n) is 5.95. The highest BCUT2D eigenvalue weighted by Gasteiger charge is 2.13. The molecule has 94 valence electrons. The average Bonchev–Trinajstić information content (AvgIpc) is 2.41. The zero-order valence-electron chi connectivity index (χ0n) is 10.3. The quantitative estimate of drug-likeness (QED) is 0.475. The summed E-state index contributed by atoms with van der Waals surface area (Å²) in [6.45, 7) is 1.99. The van der Waals surface area contributed by atoms with Crippen LogP contribution in [-0.2, 0) is 0 Å². The van der Waals surface area contributed by atoms with Crippen molar-refractivity contribution in [3.05, 3.63) is 68.1 Å². The zero-order valence-corrected chi connectivity index (χ0v) is 12.5. The molecule has 1 aromatic heterocycles. The van der Waals surface area contributed by atoms with Crippen molar-refractivity contribution in [1.82, 2.24) is 0 Å². The normalized spacial score (nSPS) is 10.8. The molecule has 3 rings (SSSR count). The monoisotopic (exact) mass is 362 g/mol. The molecule has 0 saturated carbocycles. The molecule has 3 aromatic rings. The lowest BCUT2D eigenvalue weighted by molar-refractivity contribution is 0.556. The van der Waals surface area contributed by atoms with Crippen molar-refractivity contribution >= 4 is 33.6 Å². The Morgan fingerprint density at radius 1 is 1.05 bits per heavy atom. The zero-order chi connectivity index (χ0) is 13.4. The first kappa shape index (κ1) is 12.4. The highest BCUT2D eigenvalue weighted by atomic mass is 127. The molecule has 3 heteroatoms. The van der Waals surface area contributed by atoms with Crippen LogP contribution in [0.3, 0.4) is 0 Å². The SMILES string of the molecule is Cc1ccc2c(-c3ccccc3)c(I)c(=O)oc2c1. The van der Waals surface area contributed by atoms with E-state index in [1.165, 1.54) is 0 Å². The number of rotatable bonds is 1. The van der Waals surface area contributed by atoms with Gasteiger partial charge in [0.15, 0.2) is 0 Å². The highest BCUT2D eigenvalue weighted by Crippen LogP contribution is 2.31. The second-order valence-electron chi connectivity index (χ2n) is 4.44. The predicted molar refractivity (Wildman–Crippen MR) is 85.4 cm³/mol. The van der Waals surface area contributed by atoms with Crippen molar-refractivity contribution < 1.29 is 4.42 Å². The van der Waals surface area contributed by atoms with Crippen LogP contribution in [0.4, 0.5) is 0 Å². The Bertz CT molecular complexity index is 804. The van der Waals surface area contributed by atoms with Gasteiger partial charge < -0.3 is 4.42 Å². The maximum atomic E-state index is 12.0. The van der Waals surface area contributed by atoms with E-state index in [0.717, 1.165) is 22.1 Å². The van der Waals surface area contributed by atoms with Gasteiger partial charge in [0, 0.05) is 10.9 Å². The van der Waals surface area contributed by atoms with Crippen LogP contribution in [0.15, 0.2) is 57.7 Å². The van der Waals surface area contributed by atoms with Crippen molar-refractivity contribution in [3.63, 3.8) is 0 Å². The molecule has 0 N–H and O–H groups in total. The lowest BCUT2D eigenvalue weighted by Crippen LogP contribution is -2.05. The Kier molecular flexibility index (Phi) is 3.14. The maximum absolute atomic E-state index is 12.0. The van der Waals surface area contributed by atoms with Crippen LogP contribution in [-0.4, -0.2) is 0 Å². The number of benzene rings is 2. The van der Waals surface area contributed by atoms with Gasteiger partial charge in [-0.25, -0.2) is 4.79 Å². The summed E-state index contributed by atoms with van der Waals surface area (Å²) in [5.41, 5.74) is 3.43. The van der Waals surface area contributed by atoms with Gasteiger partial charge in [-0.05, 0) is 46.7 Å². The number of hydrogen-bond acceptors (Lipinski definition) is 2. The van der Waals surface area contributed by atoms with Crippen LogP contribution >= 0.6 is 22.6 Å². The molecular formula is C16H11IO2. The fourth-order valence-electron chi connectivity index (χ4n) is 2.17. The molecule has 0 fully saturated rings. The molecule has 0 bridgehead atoms. The van der Waals surface area contributed by atoms with Crippen LogP contribution in [0.25, 0.3) is 22.1 Å². The molecule has 0 aliphatic heterocycles. The fourth-order valence-corrected chi connectivity index (χ4v) is 2.88. The molecule has 0 unspecified atom stereocenters. The van der Waals surface area contributed by atoms with Gasteiger partial charge in [0.05, 0.1) is 0 Å². The molecule has 0 aliphatic carbocycles. The molecule has 0 atom stereocenters. The molecule has 2 nitrogen and oxygen atoms in total. The van der Waals surface area contributed by atoms with Gasteiger partial charge in [-0.3, -0.25) is 0 Å². The lowest BCUT2D eigenvalue weighted by Gasteiger charge is -2.08. The molecule has 0 amide bonds. The highest BCUT2D eigenvalue weighted by molar-refractivity contribution is 14.1. The first-order valence-corrected chi connectivity index (χ1v) is 7.03. The van der Waals surface area contributed by atoms with Crippen molar-refractivity contribution in [2.24, 2.45) is 0 Å². The minimum atomic E-state index is -0.280.